The van der Waals surface area contributed by atoms with Gasteiger partial charge in [0.25, 0.3) is 0 Å². The third kappa shape index (κ3) is 6.02. The molecule has 0 N–H and O–H groups in total. The molecule has 0 amide bonds. The maximum atomic E-state index is 11.1. The summed E-state index contributed by atoms with van der Waals surface area (Å²) in [4.78, 5) is 0. The molecule has 0 bridgehead atoms. The van der Waals surface area contributed by atoms with E-state index in [9.17, 15) is 5.53 Å². The quantitative estimate of drug-likeness (QED) is 0.244. The van der Waals surface area contributed by atoms with Crippen LogP contribution in [0.4, 0.5) is 0 Å². The summed E-state index contributed by atoms with van der Waals surface area (Å²) in [5.74, 6) is 0. The van der Waals surface area contributed by atoms with E-state index in [1.807, 2.05) is 0 Å². The van der Waals surface area contributed by atoms with Crippen molar-refractivity contribution in [2.75, 3.05) is 0 Å². The van der Waals surface area contributed by atoms with Gasteiger partial charge in [-0.25, -0.2) is 4.70 Å². The van der Waals surface area contributed by atoms with Crippen LogP contribution in [0, 0.1) is 0 Å². The SMILES string of the molecule is CCc1cc(CC)cc(C2=CC(C)=C(c3cc(CC)cc(CC)c3)[N+]2=[N-])c1.[Br][Ni][Br]. The molecule has 164 valence electrons. The Morgan fingerprint density at radius 1 is 0.733 bits per heavy atom. The Morgan fingerprint density at radius 3 is 1.47 bits per heavy atom. The van der Waals surface area contributed by atoms with Gasteiger partial charge in [0.05, 0.1) is 0 Å². The van der Waals surface area contributed by atoms with Crippen molar-refractivity contribution < 1.29 is 15.6 Å². The van der Waals surface area contributed by atoms with Crippen LogP contribution in [-0.2, 0) is 36.6 Å². The molecule has 0 aromatic heterocycles. The van der Waals surface area contributed by atoms with E-state index in [1.165, 1.54) is 37.8 Å². The van der Waals surface area contributed by atoms with Crippen LogP contribution in [0.25, 0.3) is 16.9 Å². The van der Waals surface area contributed by atoms with Crippen LogP contribution >= 0.6 is 28.5 Å². The molecule has 30 heavy (non-hydrogen) atoms. The van der Waals surface area contributed by atoms with Crippen molar-refractivity contribution in [3.8, 4) is 0 Å². The fourth-order valence-electron chi connectivity index (χ4n) is 3.80. The van der Waals surface area contributed by atoms with Crippen molar-refractivity contribution >= 4 is 39.8 Å². The predicted octanol–water partition coefficient (Wildman–Crippen LogP) is 8.44. The van der Waals surface area contributed by atoms with Gasteiger partial charge in [-0.3, -0.25) is 0 Å². The Hall–Kier alpha value is -1.03. The second-order valence-corrected chi connectivity index (χ2v) is 12.4. The molecule has 1 aliphatic heterocycles. The molecular formula is C25H30Br2N2Ni. The first-order chi connectivity index (χ1) is 14.4. The van der Waals surface area contributed by atoms with E-state index in [0.717, 1.165) is 53.8 Å². The second kappa shape index (κ2) is 12.1. The molecule has 0 radical (unpaired) electrons. The van der Waals surface area contributed by atoms with Crippen LogP contribution in [0.3, 0.4) is 0 Å². The zero-order valence-electron chi connectivity index (χ0n) is 18.3. The number of benzene rings is 2. The van der Waals surface area contributed by atoms with Gasteiger partial charge in [-0.1, -0.05) is 39.8 Å². The van der Waals surface area contributed by atoms with Gasteiger partial charge < -0.3 is 5.53 Å². The van der Waals surface area contributed by atoms with Crippen molar-refractivity contribution in [1.29, 1.82) is 0 Å². The fraction of sp³-hybridized carbons (Fsp3) is 0.360. The predicted molar refractivity (Wildman–Crippen MR) is 132 cm³/mol. The second-order valence-electron chi connectivity index (χ2n) is 7.41. The summed E-state index contributed by atoms with van der Waals surface area (Å²) in [6.45, 7) is 10.8. The normalized spacial score (nSPS) is 13.4. The van der Waals surface area contributed by atoms with E-state index >= 15 is 0 Å². The van der Waals surface area contributed by atoms with Crippen LogP contribution in [0.1, 0.15) is 68.0 Å². The monoisotopic (exact) mass is 574 g/mol. The minimum atomic E-state index is 0.868. The van der Waals surface area contributed by atoms with Crippen molar-refractivity contribution in [3.05, 3.63) is 87.0 Å². The molecule has 0 fully saturated rings. The van der Waals surface area contributed by atoms with Crippen LogP contribution < -0.4 is 0 Å². The molecule has 5 heteroatoms. The first kappa shape index (κ1) is 25.2. The van der Waals surface area contributed by atoms with Crippen molar-refractivity contribution in [3.63, 3.8) is 0 Å². The summed E-state index contributed by atoms with van der Waals surface area (Å²) in [5, 5.41) is 0. The molecule has 0 aliphatic carbocycles. The third-order valence-electron chi connectivity index (χ3n) is 5.47. The Balaban J connectivity index is 0.00000101. The van der Waals surface area contributed by atoms with E-state index in [2.05, 4.69) is 106 Å². The van der Waals surface area contributed by atoms with Gasteiger partial charge >= 0.3 is 39.3 Å². The molecule has 1 aliphatic rings. The molecule has 3 rings (SSSR count). The topological polar surface area (TPSA) is 25.3 Å². The van der Waals surface area contributed by atoms with Crippen molar-refractivity contribution in [2.45, 2.75) is 60.3 Å². The van der Waals surface area contributed by atoms with Gasteiger partial charge in [-0.15, -0.1) is 0 Å². The number of hydrogen-bond donors (Lipinski definition) is 0. The van der Waals surface area contributed by atoms with E-state index < -0.39 is 0 Å². The van der Waals surface area contributed by atoms with Gasteiger partial charge in [-0.2, -0.15) is 0 Å². The van der Waals surface area contributed by atoms with Crippen LogP contribution in [0.15, 0.2) is 48.0 Å². The molecule has 0 saturated carbocycles. The van der Waals surface area contributed by atoms with Gasteiger partial charge in [-0.05, 0) is 79.1 Å². The Bertz CT molecular complexity index is 933. The number of aryl methyl sites for hydroxylation is 4. The first-order valence-electron chi connectivity index (χ1n) is 10.4. The maximum absolute atomic E-state index is 11.1. The number of hydrogen-bond acceptors (Lipinski definition) is 0. The molecular weight excluding hydrogens is 547 g/mol. The Labute approximate surface area is 201 Å². The summed E-state index contributed by atoms with van der Waals surface area (Å²) in [5.41, 5.74) is 21.4. The van der Waals surface area contributed by atoms with Gasteiger partial charge in [0.2, 0.25) is 11.4 Å². The minimum absolute atomic E-state index is 0.868. The van der Waals surface area contributed by atoms with E-state index in [-0.39, 0.29) is 0 Å². The molecule has 2 aromatic rings. The van der Waals surface area contributed by atoms with Crippen LogP contribution in [0.2, 0.25) is 0 Å². The number of halogens is 2. The average Bonchev–Trinajstić information content (AvgIpc) is 3.07. The fourth-order valence-corrected chi connectivity index (χ4v) is 3.80. The van der Waals surface area contributed by atoms with Crippen molar-refractivity contribution in [1.82, 2.24) is 0 Å². The molecule has 0 saturated heterocycles. The molecule has 0 atom stereocenters. The Kier molecular flexibility index (Phi) is 10.2. The summed E-state index contributed by atoms with van der Waals surface area (Å²) in [6.07, 6.45) is 6.09. The van der Waals surface area contributed by atoms with Crippen LogP contribution in [-0.4, -0.2) is 4.70 Å². The first-order valence-corrected chi connectivity index (χ1v) is 15.3. The standard InChI is InChI=1S/C25H30N2.2BrH.Ni/c1-6-18-11-19(7-2)14-22(13-18)24-10-17(5)25(27(24)26)23-15-20(8-3)12-21(9-4)16-23;;;/h10-16H,6-9H2,1-5H3;2*1H;/q;;;+2/p-2. The van der Waals surface area contributed by atoms with E-state index in [0.29, 0.717) is 0 Å². The van der Waals surface area contributed by atoms with Gasteiger partial charge in [0.15, 0.2) is 0 Å². The average molecular weight is 577 g/mol. The molecule has 0 unspecified atom stereocenters. The van der Waals surface area contributed by atoms with E-state index in [4.69, 9.17) is 0 Å². The van der Waals surface area contributed by atoms with E-state index in [1.54, 1.807) is 0 Å². The molecule has 1 heterocycles. The van der Waals surface area contributed by atoms with Crippen LogP contribution in [0.5, 0.6) is 0 Å². The van der Waals surface area contributed by atoms with Crippen molar-refractivity contribution in [2.24, 2.45) is 0 Å². The summed E-state index contributed by atoms with van der Waals surface area (Å²) in [7, 11) is 1.25. The van der Waals surface area contributed by atoms with Gasteiger partial charge in [0.1, 0.15) is 0 Å². The Morgan fingerprint density at radius 2 is 1.10 bits per heavy atom. The summed E-state index contributed by atoms with van der Waals surface area (Å²) >= 11 is 6.00. The molecule has 0 spiro atoms. The summed E-state index contributed by atoms with van der Waals surface area (Å²) in [6, 6.07) is 13.3. The summed E-state index contributed by atoms with van der Waals surface area (Å²) < 4.78 is 1.39. The number of allylic oxidation sites excluding steroid dienone is 2. The number of nitrogens with zero attached hydrogens (tertiary/aromatic N) is 2. The number of rotatable bonds is 6. The zero-order chi connectivity index (χ0) is 22.3. The third-order valence-corrected chi connectivity index (χ3v) is 5.47. The molecule has 2 aromatic carbocycles. The zero-order valence-corrected chi connectivity index (χ0v) is 22.5. The van der Waals surface area contributed by atoms with Gasteiger partial charge in [0, 0.05) is 22.8 Å². The molecule has 2 nitrogen and oxygen atoms in total.